The number of rotatable bonds is 3. The molecule has 0 saturated heterocycles. The number of hydrogen-bond acceptors (Lipinski definition) is 3. The highest BCUT2D eigenvalue weighted by Gasteiger charge is 2.09. The van der Waals surface area contributed by atoms with Crippen molar-refractivity contribution in [2.24, 2.45) is 0 Å². The van der Waals surface area contributed by atoms with E-state index in [0.717, 1.165) is 33.8 Å². The van der Waals surface area contributed by atoms with Gasteiger partial charge in [-0.1, -0.05) is 48.0 Å². The van der Waals surface area contributed by atoms with Crippen molar-refractivity contribution in [3.05, 3.63) is 72.0 Å². The van der Waals surface area contributed by atoms with Crippen LogP contribution in [0.5, 0.6) is 0 Å². The summed E-state index contributed by atoms with van der Waals surface area (Å²) in [7, 11) is 0. The Bertz CT molecular complexity index is 963. The second kappa shape index (κ2) is 5.74. The highest BCUT2D eigenvalue weighted by molar-refractivity contribution is 6.30. The van der Waals surface area contributed by atoms with Gasteiger partial charge in [0.05, 0.1) is 5.39 Å². The molecule has 0 atom stereocenters. The minimum absolute atomic E-state index is 0.680. The molecule has 0 amide bonds. The second-order valence-electron chi connectivity index (χ2n) is 5.17. The zero-order valence-electron chi connectivity index (χ0n) is 12.1. The molecule has 112 valence electrons. The molecule has 0 unspecified atom stereocenters. The summed E-state index contributed by atoms with van der Waals surface area (Å²) in [6.07, 6.45) is 1.54. The zero-order valence-corrected chi connectivity index (χ0v) is 12.9. The summed E-state index contributed by atoms with van der Waals surface area (Å²) in [6, 6.07) is 19.7. The first-order chi connectivity index (χ1) is 11.3. The summed E-state index contributed by atoms with van der Waals surface area (Å²) in [6.45, 7) is 0. The Labute approximate surface area is 138 Å². The molecule has 0 saturated carbocycles. The maximum absolute atomic E-state index is 6.03. The minimum atomic E-state index is 0.680. The molecule has 0 aliphatic carbocycles. The molecular weight excluding hydrogens is 308 g/mol. The van der Waals surface area contributed by atoms with E-state index in [9.17, 15) is 0 Å². The van der Waals surface area contributed by atoms with E-state index in [4.69, 9.17) is 11.6 Å². The SMILES string of the molecule is Clc1cccc(Nc2ncnc3[nH]c(-c4ccccc4)cc23)c1. The van der Waals surface area contributed by atoms with Crippen LogP contribution >= 0.6 is 11.6 Å². The average Bonchev–Trinajstić information content (AvgIpc) is 3.01. The molecule has 4 rings (SSSR count). The molecular formula is C18H13ClN4. The van der Waals surface area contributed by atoms with E-state index < -0.39 is 0 Å². The monoisotopic (exact) mass is 320 g/mol. The van der Waals surface area contributed by atoms with Crippen molar-refractivity contribution in [3.8, 4) is 11.3 Å². The van der Waals surface area contributed by atoms with E-state index >= 15 is 0 Å². The van der Waals surface area contributed by atoms with Gasteiger partial charge in [0.1, 0.15) is 17.8 Å². The molecule has 0 aliphatic heterocycles. The topological polar surface area (TPSA) is 53.6 Å². The van der Waals surface area contributed by atoms with Crippen LogP contribution in [-0.2, 0) is 0 Å². The van der Waals surface area contributed by atoms with Crippen molar-refractivity contribution in [3.63, 3.8) is 0 Å². The molecule has 0 spiro atoms. The van der Waals surface area contributed by atoms with Gasteiger partial charge in [0.15, 0.2) is 0 Å². The van der Waals surface area contributed by atoms with Gasteiger partial charge in [-0.05, 0) is 29.8 Å². The molecule has 0 bridgehead atoms. The fourth-order valence-corrected chi connectivity index (χ4v) is 2.71. The van der Waals surface area contributed by atoms with Crippen molar-refractivity contribution < 1.29 is 0 Å². The van der Waals surface area contributed by atoms with Crippen LogP contribution in [0.4, 0.5) is 11.5 Å². The molecule has 2 heterocycles. The summed E-state index contributed by atoms with van der Waals surface area (Å²) in [4.78, 5) is 12.0. The van der Waals surface area contributed by atoms with Gasteiger partial charge in [0, 0.05) is 16.4 Å². The number of nitrogens with one attached hydrogen (secondary N) is 2. The minimum Gasteiger partial charge on any atom is -0.340 e. The van der Waals surface area contributed by atoms with Gasteiger partial charge in [0.25, 0.3) is 0 Å². The van der Waals surface area contributed by atoms with Gasteiger partial charge < -0.3 is 10.3 Å². The lowest BCUT2D eigenvalue weighted by Gasteiger charge is -2.06. The number of benzene rings is 2. The first kappa shape index (κ1) is 13.8. The Morgan fingerprint density at radius 3 is 2.61 bits per heavy atom. The van der Waals surface area contributed by atoms with Crippen LogP contribution in [0.3, 0.4) is 0 Å². The van der Waals surface area contributed by atoms with Crippen LogP contribution in [0, 0.1) is 0 Å². The number of fused-ring (bicyclic) bond motifs is 1. The predicted molar refractivity (Wildman–Crippen MR) is 94.1 cm³/mol. The fraction of sp³-hybridized carbons (Fsp3) is 0. The van der Waals surface area contributed by atoms with Gasteiger partial charge in [-0.3, -0.25) is 0 Å². The number of H-pyrrole nitrogens is 1. The third-order valence-electron chi connectivity index (χ3n) is 3.60. The first-order valence-electron chi connectivity index (χ1n) is 7.21. The molecule has 4 nitrogen and oxygen atoms in total. The Balaban J connectivity index is 1.77. The third kappa shape index (κ3) is 2.76. The summed E-state index contributed by atoms with van der Waals surface area (Å²) >= 11 is 6.03. The second-order valence-corrected chi connectivity index (χ2v) is 5.61. The lowest BCUT2D eigenvalue weighted by molar-refractivity contribution is 1.20. The Morgan fingerprint density at radius 1 is 0.913 bits per heavy atom. The molecule has 2 N–H and O–H groups in total. The summed E-state index contributed by atoms with van der Waals surface area (Å²) in [5, 5.41) is 4.91. The Kier molecular flexibility index (Phi) is 3.44. The third-order valence-corrected chi connectivity index (χ3v) is 3.83. The van der Waals surface area contributed by atoms with E-state index in [-0.39, 0.29) is 0 Å². The molecule has 23 heavy (non-hydrogen) atoms. The van der Waals surface area contributed by atoms with Crippen LogP contribution in [0.15, 0.2) is 67.0 Å². The highest BCUT2D eigenvalue weighted by Crippen LogP contribution is 2.28. The predicted octanol–water partition coefficient (Wildman–Crippen LogP) is 5.02. The van der Waals surface area contributed by atoms with E-state index in [1.54, 1.807) is 6.33 Å². The van der Waals surface area contributed by atoms with Crippen molar-refractivity contribution in [2.75, 3.05) is 5.32 Å². The van der Waals surface area contributed by atoms with Gasteiger partial charge in [-0.15, -0.1) is 0 Å². The number of anilines is 2. The number of hydrogen-bond donors (Lipinski definition) is 2. The van der Waals surface area contributed by atoms with Crippen molar-refractivity contribution >= 4 is 34.1 Å². The summed E-state index contributed by atoms with van der Waals surface area (Å²) in [5.74, 6) is 0.746. The number of halogens is 1. The average molecular weight is 321 g/mol. The van der Waals surface area contributed by atoms with E-state index in [1.807, 2.05) is 42.5 Å². The largest absolute Gasteiger partial charge is 0.340 e. The molecule has 0 aliphatic rings. The fourth-order valence-electron chi connectivity index (χ4n) is 2.52. The molecule has 0 fully saturated rings. The van der Waals surface area contributed by atoms with Gasteiger partial charge in [-0.25, -0.2) is 9.97 Å². The number of nitrogens with zero attached hydrogens (tertiary/aromatic N) is 2. The quantitative estimate of drug-likeness (QED) is 0.557. The Hall–Kier alpha value is -2.85. The van der Waals surface area contributed by atoms with Gasteiger partial charge in [0.2, 0.25) is 0 Å². The summed E-state index contributed by atoms with van der Waals surface area (Å²) in [5.41, 5.74) is 3.80. The smallest absolute Gasteiger partial charge is 0.143 e. The lowest BCUT2D eigenvalue weighted by Crippen LogP contribution is -1.94. The van der Waals surface area contributed by atoms with Crippen molar-refractivity contribution in [2.45, 2.75) is 0 Å². The lowest BCUT2D eigenvalue weighted by atomic mass is 10.1. The van der Waals surface area contributed by atoms with Crippen LogP contribution in [0.1, 0.15) is 0 Å². The van der Waals surface area contributed by atoms with Gasteiger partial charge in [-0.2, -0.15) is 0 Å². The van der Waals surface area contributed by atoms with Crippen LogP contribution in [0.25, 0.3) is 22.3 Å². The number of aromatic amines is 1. The van der Waals surface area contributed by atoms with Crippen molar-refractivity contribution in [1.29, 1.82) is 0 Å². The van der Waals surface area contributed by atoms with Crippen LogP contribution in [-0.4, -0.2) is 15.0 Å². The summed E-state index contributed by atoms with van der Waals surface area (Å²) < 4.78 is 0. The van der Waals surface area contributed by atoms with Crippen LogP contribution in [0.2, 0.25) is 5.02 Å². The van der Waals surface area contributed by atoms with E-state index in [0.29, 0.717) is 5.02 Å². The molecule has 4 aromatic rings. The van der Waals surface area contributed by atoms with Crippen LogP contribution < -0.4 is 5.32 Å². The standard InChI is InChI=1S/C18H13ClN4/c19-13-7-4-8-14(9-13)22-17-15-10-16(12-5-2-1-3-6-12)23-18(15)21-11-20-17/h1-11H,(H2,20,21,22,23). The maximum atomic E-state index is 6.03. The van der Waals surface area contributed by atoms with Crippen molar-refractivity contribution in [1.82, 2.24) is 15.0 Å². The maximum Gasteiger partial charge on any atom is 0.143 e. The molecule has 2 aromatic carbocycles. The highest BCUT2D eigenvalue weighted by atomic mass is 35.5. The first-order valence-corrected chi connectivity index (χ1v) is 7.59. The zero-order chi connectivity index (χ0) is 15.6. The molecule has 2 aromatic heterocycles. The normalized spacial score (nSPS) is 10.8. The molecule has 5 heteroatoms. The van der Waals surface area contributed by atoms with Gasteiger partial charge >= 0.3 is 0 Å². The number of aromatic nitrogens is 3. The Morgan fingerprint density at radius 2 is 1.78 bits per heavy atom. The molecule has 0 radical (unpaired) electrons. The van der Waals surface area contributed by atoms with E-state index in [2.05, 4.69) is 38.5 Å². The van der Waals surface area contributed by atoms with E-state index in [1.165, 1.54) is 0 Å².